The van der Waals surface area contributed by atoms with Gasteiger partial charge in [0.15, 0.2) is 11.6 Å². The summed E-state index contributed by atoms with van der Waals surface area (Å²) in [7, 11) is 0. The summed E-state index contributed by atoms with van der Waals surface area (Å²) >= 11 is 0. The van der Waals surface area contributed by atoms with Crippen LogP contribution in [-0.2, 0) is 6.42 Å². The lowest BCUT2D eigenvalue weighted by molar-refractivity contribution is 0.0839. The van der Waals surface area contributed by atoms with Crippen molar-refractivity contribution in [2.24, 2.45) is 0 Å². The molecule has 0 spiro atoms. The normalized spacial score (nSPS) is 17.3. The van der Waals surface area contributed by atoms with E-state index in [0.29, 0.717) is 5.56 Å². The quantitative estimate of drug-likeness (QED) is 0.334. The number of rotatable bonds is 4. The van der Waals surface area contributed by atoms with Gasteiger partial charge < -0.3 is 29.9 Å². The number of phenols is 4. The highest BCUT2D eigenvalue weighted by Gasteiger charge is 2.39. The van der Waals surface area contributed by atoms with Gasteiger partial charge in [0.25, 0.3) is 0 Å². The van der Waals surface area contributed by atoms with Crippen LogP contribution in [0.15, 0.2) is 36.4 Å². The van der Waals surface area contributed by atoms with Gasteiger partial charge in [-0.15, -0.1) is 0 Å². The molecule has 0 unspecified atom stereocenters. The number of ketones is 2. The number of Topliss-reactive ketones (excluding diaryl/α,β-unsaturated/α-hetero) is 2. The molecular weight excluding hydrogens is 488 g/mol. The zero-order valence-corrected chi connectivity index (χ0v) is 21.5. The van der Waals surface area contributed by atoms with Crippen LogP contribution in [0.5, 0.6) is 34.5 Å². The molecule has 2 aliphatic heterocycles. The Morgan fingerprint density at radius 3 is 2.32 bits per heavy atom. The van der Waals surface area contributed by atoms with Crippen molar-refractivity contribution < 1.29 is 39.5 Å². The van der Waals surface area contributed by atoms with Gasteiger partial charge >= 0.3 is 0 Å². The first-order valence-electron chi connectivity index (χ1n) is 12.2. The third kappa shape index (κ3) is 3.93. The molecule has 2 heterocycles. The summed E-state index contributed by atoms with van der Waals surface area (Å²) in [6.07, 6.45) is 2.55. The van der Waals surface area contributed by atoms with Crippen molar-refractivity contribution in [3.63, 3.8) is 0 Å². The Bertz CT molecular complexity index is 1530. The predicted molar refractivity (Wildman–Crippen MR) is 140 cm³/mol. The highest BCUT2D eigenvalue weighted by atomic mass is 16.5. The molecule has 8 heteroatoms. The highest BCUT2D eigenvalue weighted by molar-refractivity contribution is 6.05. The van der Waals surface area contributed by atoms with Gasteiger partial charge in [-0.05, 0) is 45.4 Å². The van der Waals surface area contributed by atoms with Gasteiger partial charge in [0, 0.05) is 23.1 Å². The molecule has 0 fully saturated rings. The highest BCUT2D eigenvalue weighted by Crippen LogP contribution is 2.53. The van der Waals surface area contributed by atoms with Gasteiger partial charge in [0.1, 0.15) is 57.3 Å². The lowest BCUT2D eigenvalue weighted by Gasteiger charge is -2.34. The Labute approximate surface area is 219 Å². The average Bonchev–Trinajstić information content (AvgIpc) is 2.86. The van der Waals surface area contributed by atoms with Crippen molar-refractivity contribution in [2.75, 3.05) is 0 Å². The first-order valence-corrected chi connectivity index (χ1v) is 12.2. The Morgan fingerprint density at radius 1 is 0.974 bits per heavy atom. The maximum Gasteiger partial charge on any atom is 0.174 e. The van der Waals surface area contributed by atoms with E-state index in [9.17, 15) is 30.0 Å². The van der Waals surface area contributed by atoms with Crippen molar-refractivity contribution >= 4 is 17.6 Å². The molecule has 0 bridgehead atoms. The van der Waals surface area contributed by atoms with Crippen molar-refractivity contribution in [2.45, 2.75) is 52.2 Å². The molecule has 5 rings (SSSR count). The number of benzene rings is 3. The number of hydrogen-bond donors (Lipinski definition) is 4. The summed E-state index contributed by atoms with van der Waals surface area (Å²) < 4.78 is 12.6. The second-order valence-electron chi connectivity index (χ2n) is 10.2. The summed E-state index contributed by atoms with van der Waals surface area (Å²) in [6.45, 7) is 6.26. The fourth-order valence-corrected chi connectivity index (χ4v) is 5.05. The predicted octanol–water partition coefficient (Wildman–Crippen LogP) is 5.50. The fourth-order valence-electron chi connectivity index (χ4n) is 5.05. The molecule has 4 N–H and O–H groups in total. The van der Waals surface area contributed by atoms with Crippen LogP contribution < -0.4 is 9.47 Å². The third-order valence-electron chi connectivity index (χ3n) is 7.07. The van der Waals surface area contributed by atoms with Crippen LogP contribution >= 0.6 is 0 Å². The first-order chi connectivity index (χ1) is 17.9. The molecule has 0 aliphatic carbocycles. The van der Waals surface area contributed by atoms with E-state index in [1.807, 2.05) is 44.2 Å². The summed E-state index contributed by atoms with van der Waals surface area (Å²) in [4.78, 5) is 25.7. The summed E-state index contributed by atoms with van der Waals surface area (Å²) in [6, 6.07) is 9.19. The van der Waals surface area contributed by atoms with Crippen LogP contribution in [0.4, 0.5) is 0 Å². The number of aromatic hydroxyl groups is 4. The Morgan fingerprint density at radius 2 is 1.66 bits per heavy atom. The largest absolute Gasteiger partial charge is 0.507 e. The molecule has 38 heavy (non-hydrogen) atoms. The van der Waals surface area contributed by atoms with E-state index in [2.05, 4.69) is 0 Å². The summed E-state index contributed by atoms with van der Waals surface area (Å²) in [5.41, 5.74) is 0.204. The summed E-state index contributed by atoms with van der Waals surface area (Å²) in [5.74, 6) is -2.40. The lowest BCUT2D eigenvalue weighted by Crippen LogP contribution is -2.30. The monoisotopic (exact) mass is 516 g/mol. The first kappa shape index (κ1) is 25.2. The Balaban J connectivity index is 1.78. The number of fused-ring (bicyclic) bond motifs is 2. The van der Waals surface area contributed by atoms with E-state index in [-0.39, 0.29) is 63.7 Å². The second-order valence-corrected chi connectivity index (χ2v) is 10.2. The molecule has 2 aliphatic rings. The molecule has 8 nitrogen and oxygen atoms in total. The lowest BCUT2D eigenvalue weighted by atomic mass is 9.86. The molecule has 0 saturated heterocycles. The van der Waals surface area contributed by atoms with Crippen LogP contribution in [0, 0.1) is 6.92 Å². The van der Waals surface area contributed by atoms with Crippen LogP contribution in [0.1, 0.15) is 81.8 Å². The molecule has 0 radical (unpaired) electrons. The van der Waals surface area contributed by atoms with E-state index in [0.717, 1.165) is 5.56 Å². The number of carbonyl (C=O) groups is 2. The minimum absolute atomic E-state index is 0.00215. The third-order valence-corrected chi connectivity index (χ3v) is 7.07. The molecule has 0 saturated carbocycles. The summed E-state index contributed by atoms with van der Waals surface area (Å²) in [5, 5.41) is 43.5. The Kier molecular flexibility index (Phi) is 5.86. The minimum Gasteiger partial charge on any atom is -0.507 e. The smallest absolute Gasteiger partial charge is 0.174 e. The van der Waals surface area contributed by atoms with Gasteiger partial charge in [-0.1, -0.05) is 30.3 Å². The molecule has 3 aromatic carbocycles. The topological polar surface area (TPSA) is 134 Å². The fraction of sp³-hybridized carbons (Fsp3) is 0.267. The van der Waals surface area contributed by atoms with E-state index in [1.165, 1.54) is 13.8 Å². The van der Waals surface area contributed by atoms with Crippen molar-refractivity contribution in [1.29, 1.82) is 0 Å². The average molecular weight is 517 g/mol. The van der Waals surface area contributed by atoms with Crippen LogP contribution in [0.25, 0.3) is 6.08 Å². The van der Waals surface area contributed by atoms with Crippen LogP contribution in [-0.4, -0.2) is 37.6 Å². The van der Waals surface area contributed by atoms with Crippen molar-refractivity contribution in [3.8, 4) is 34.5 Å². The Hall–Kier alpha value is -4.46. The maximum atomic E-state index is 13.4. The molecular formula is C30H28O8. The van der Waals surface area contributed by atoms with Crippen molar-refractivity contribution in [1.82, 2.24) is 0 Å². The zero-order chi connectivity index (χ0) is 27.5. The molecule has 0 aromatic heterocycles. The van der Waals surface area contributed by atoms with Crippen molar-refractivity contribution in [3.05, 3.63) is 75.4 Å². The number of hydrogen-bond acceptors (Lipinski definition) is 8. The molecule has 196 valence electrons. The number of ether oxygens (including phenoxy) is 2. The van der Waals surface area contributed by atoms with E-state index < -0.39 is 34.7 Å². The standard InChI is InChI=1S/C30H28O8/c1-14-24(33)18(27(36)22(15(2)31)25(14)34)12-19-28-17(10-11-30(3,4)38-28)26(35)23-20(32)13-21(37-29(19)23)16-8-6-5-7-9-16/h5-11,21,33-36H,12-13H2,1-4H3/t21-/m0/s1. The molecule has 3 aromatic rings. The van der Waals surface area contributed by atoms with E-state index in [1.54, 1.807) is 12.2 Å². The zero-order valence-electron chi connectivity index (χ0n) is 21.5. The van der Waals surface area contributed by atoms with E-state index >= 15 is 0 Å². The van der Waals surface area contributed by atoms with E-state index in [4.69, 9.17) is 9.47 Å². The number of phenolic OH excluding ortho intramolecular Hbond substituents is 4. The van der Waals surface area contributed by atoms with Gasteiger partial charge in [-0.3, -0.25) is 9.59 Å². The van der Waals surface area contributed by atoms with Gasteiger partial charge in [0.05, 0.1) is 12.0 Å². The molecule has 1 atom stereocenters. The van der Waals surface area contributed by atoms with Crippen LogP contribution in [0.2, 0.25) is 0 Å². The van der Waals surface area contributed by atoms with Gasteiger partial charge in [-0.25, -0.2) is 0 Å². The van der Waals surface area contributed by atoms with Gasteiger partial charge in [0.2, 0.25) is 0 Å². The molecule has 0 amide bonds. The SMILES string of the molecule is CC(=O)c1c(O)c(C)c(O)c(Cc2c3c(c(O)c4c2O[C@H](c2ccccc2)CC4=O)C=CC(C)(C)O3)c1O. The second kappa shape index (κ2) is 8.83. The van der Waals surface area contributed by atoms with Crippen LogP contribution in [0.3, 0.4) is 0 Å². The van der Waals surface area contributed by atoms with Gasteiger partial charge in [-0.2, -0.15) is 0 Å². The number of carbonyl (C=O) groups excluding carboxylic acids is 2. The maximum absolute atomic E-state index is 13.4. The minimum atomic E-state index is -0.778.